The van der Waals surface area contributed by atoms with Gasteiger partial charge in [0, 0.05) is 0 Å². The first kappa shape index (κ1) is 24.4. The SMILES string of the molecule is CCOC(=O)c1cc2c(=O)c3cc(C4=CCCCCC4)ccc3oc2nc1NC(=O)OC(C)(C)C. The zero-order valence-corrected chi connectivity index (χ0v) is 20.5. The number of ether oxygens (including phenoxy) is 2. The summed E-state index contributed by atoms with van der Waals surface area (Å²) < 4.78 is 16.3. The van der Waals surface area contributed by atoms with Crippen LogP contribution in [-0.2, 0) is 9.47 Å². The minimum Gasteiger partial charge on any atom is -0.462 e. The standard InChI is InChI=1S/C27H30N2O6/c1-5-33-25(31)20-15-19-22(30)18-14-17(16-10-8-6-7-9-11-16)12-13-21(18)34-24(19)28-23(20)29-26(32)35-27(2,3)4/h10,12-15H,5-9,11H2,1-4H3,(H,28,29,32). The van der Waals surface area contributed by atoms with Crippen molar-refractivity contribution in [3.8, 4) is 0 Å². The van der Waals surface area contributed by atoms with Gasteiger partial charge in [-0.3, -0.25) is 10.1 Å². The third-order valence-electron chi connectivity index (χ3n) is 5.69. The van der Waals surface area contributed by atoms with Crippen LogP contribution < -0.4 is 10.7 Å². The van der Waals surface area contributed by atoms with E-state index in [9.17, 15) is 14.4 Å². The van der Waals surface area contributed by atoms with Gasteiger partial charge in [-0.2, -0.15) is 4.98 Å². The maximum absolute atomic E-state index is 13.5. The molecule has 0 aliphatic heterocycles. The van der Waals surface area contributed by atoms with E-state index in [0.717, 1.165) is 24.8 Å². The predicted molar refractivity (Wildman–Crippen MR) is 135 cm³/mol. The van der Waals surface area contributed by atoms with Gasteiger partial charge in [-0.15, -0.1) is 0 Å². The number of nitrogens with one attached hydrogen (secondary N) is 1. The average Bonchev–Trinajstić information content (AvgIpc) is 3.07. The molecule has 0 unspecified atom stereocenters. The summed E-state index contributed by atoms with van der Waals surface area (Å²) in [6, 6.07) is 6.91. The van der Waals surface area contributed by atoms with E-state index in [1.54, 1.807) is 33.8 Å². The van der Waals surface area contributed by atoms with Crippen molar-refractivity contribution in [3.63, 3.8) is 0 Å². The van der Waals surface area contributed by atoms with E-state index in [-0.39, 0.29) is 34.5 Å². The van der Waals surface area contributed by atoms with Crippen molar-refractivity contribution < 1.29 is 23.5 Å². The number of amides is 1. The molecule has 0 radical (unpaired) electrons. The number of aromatic nitrogens is 1. The van der Waals surface area contributed by atoms with Crippen LogP contribution in [0.25, 0.3) is 27.6 Å². The number of nitrogens with zero attached hydrogens (tertiary/aromatic N) is 1. The number of anilines is 1. The summed E-state index contributed by atoms with van der Waals surface area (Å²) in [7, 11) is 0. The van der Waals surface area contributed by atoms with Gasteiger partial charge in [-0.25, -0.2) is 9.59 Å². The maximum Gasteiger partial charge on any atom is 0.413 e. The molecule has 0 saturated carbocycles. The lowest BCUT2D eigenvalue weighted by Crippen LogP contribution is -2.28. The highest BCUT2D eigenvalue weighted by Crippen LogP contribution is 2.29. The fourth-order valence-corrected chi connectivity index (χ4v) is 4.12. The van der Waals surface area contributed by atoms with E-state index in [0.29, 0.717) is 11.0 Å². The lowest BCUT2D eigenvalue weighted by Gasteiger charge is -2.20. The Morgan fingerprint density at radius 2 is 1.91 bits per heavy atom. The van der Waals surface area contributed by atoms with Crippen LogP contribution >= 0.6 is 0 Å². The molecule has 1 amide bonds. The van der Waals surface area contributed by atoms with Gasteiger partial charge in [0.05, 0.1) is 17.4 Å². The molecule has 0 fully saturated rings. The number of esters is 1. The third-order valence-corrected chi connectivity index (χ3v) is 5.69. The molecule has 1 aromatic carbocycles. The van der Waals surface area contributed by atoms with E-state index in [2.05, 4.69) is 16.4 Å². The van der Waals surface area contributed by atoms with Crippen LogP contribution in [0.2, 0.25) is 0 Å². The average molecular weight is 479 g/mol. The Morgan fingerprint density at radius 1 is 1.11 bits per heavy atom. The second kappa shape index (κ2) is 9.90. The minimum absolute atomic E-state index is 0.00281. The number of hydrogen-bond acceptors (Lipinski definition) is 7. The molecule has 8 heteroatoms. The number of carbonyl (C=O) groups excluding carboxylic acids is 2. The zero-order valence-electron chi connectivity index (χ0n) is 20.5. The Bertz CT molecular complexity index is 1380. The largest absolute Gasteiger partial charge is 0.462 e. The quantitative estimate of drug-likeness (QED) is 0.351. The number of benzene rings is 1. The van der Waals surface area contributed by atoms with Crippen LogP contribution in [0.15, 0.2) is 39.6 Å². The van der Waals surface area contributed by atoms with Gasteiger partial charge in [-0.05, 0) is 82.7 Å². The summed E-state index contributed by atoms with van der Waals surface area (Å²) in [5.41, 5.74) is 1.49. The van der Waals surface area contributed by atoms with Gasteiger partial charge in [-0.1, -0.05) is 18.6 Å². The number of hydrogen-bond donors (Lipinski definition) is 1. The van der Waals surface area contributed by atoms with Crippen molar-refractivity contribution in [3.05, 3.63) is 51.7 Å². The van der Waals surface area contributed by atoms with Crippen LogP contribution in [0.5, 0.6) is 0 Å². The lowest BCUT2D eigenvalue weighted by atomic mass is 9.99. The van der Waals surface area contributed by atoms with Crippen molar-refractivity contribution in [2.24, 2.45) is 0 Å². The molecule has 0 bridgehead atoms. The van der Waals surface area contributed by atoms with E-state index < -0.39 is 17.7 Å². The first-order chi connectivity index (χ1) is 16.7. The molecule has 8 nitrogen and oxygen atoms in total. The summed E-state index contributed by atoms with van der Waals surface area (Å²) in [5, 5.41) is 3.02. The normalized spacial score (nSPS) is 14.3. The summed E-state index contributed by atoms with van der Waals surface area (Å²) >= 11 is 0. The van der Waals surface area contributed by atoms with Crippen LogP contribution in [0.3, 0.4) is 0 Å². The molecule has 1 aliphatic carbocycles. The van der Waals surface area contributed by atoms with Crippen molar-refractivity contribution in [1.29, 1.82) is 0 Å². The van der Waals surface area contributed by atoms with Gasteiger partial charge in [0.2, 0.25) is 11.1 Å². The highest BCUT2D eigenvalue weighted by atomic mass is 16.6. The number of fused-ring (bicyclic) bond motifs is 2. The maximum atomic E-state index is 13.5. The van der Waals surface area contributed by atoms with Gasteiger partial charge in [0.15, 0.2) is 5.82 Å². The molecule has 1 aliphatic rings. The second-order valence-corrected chi connectivity index (χ2v) is 9.56. The second-order valence-electron chi connectivity index (χ2n) is 9.56. The van der Waals surface area contributed by atoms with Gasteiger partial charge in [0.1, 0.15) is 16.7 Å². The Morgan fingerprint density at radius 3 is 2.66 bits per heavy atom. The molecular weight excluding hydrogens is 448 g/mol. The zero-order chi connectivity index (χ0) is 25.2. The molecule has 3 aromatic rings. The lowest BCUT2D eigenvalue weighted by molar-refractivity contribution is 0.0527. The van der Waals surface area contributed by atoms with E-state index in [4.69, 9.17) is 13.9 Å². The van der Waals surface area contributed by atoms with Crippen LogP contribution in [0.1, 0.15) is 75.7 Å². The van der Waals surface area contributed by atoms with Gasteiger partial charge in [0.25, 0.3) is 0 Å². The molecule has 184 valence electrons. The molecule has 2 aromatic heterocycles. The van der Waals surface area contributed by atoms with Gasteiger partial charge < -0.3 is 13.9 Å². The number of allylic oxidation sites excluding steroid dienone is 2. The number of rotatable bonds is 4. The Kier molecular flexibility index (Phi) is 6.91. The smallest absolute Gasteiger partial charge is 0.413 e. The van der Waals surface area contributed by atoms with E-state index in [1.807, 2.05) is 12.1 Å². The summed E-state index contributed by atoms with van der Waals surface area (Å²) in [6.07, 6.45) is 6.94. The molecule has 1 N–H and O–H groups in total. The Labute approximate surface area is 203 Å². The first-order valence-electron chi connectivity index (χ1n) is 11.9. The van der Waals surface area contributed by atoms with Crippen LogP contribution in [0, 0.1) is 0 Å². The summed E-state index contributed by atoms with van der Waals surface area (Å²) in [4.78, 5) is 42.8. The van der Waals surface area contributed by atoms with Crippen molar-refractivity contribution in [1.82, 2.24) is 4.98 Å². The molecule has 35 heavy (non-hydrogen) atoms. The Balaban J connectivity index is 1.84. The number of pyridine rings is 1. The Hall–Kier alpha value is -3.68. The summed E-state index contributed by atoms with van der Waals surface area (Å²) in [6.45, 7) is 6.94. The molecule has 0 saturated heterocycles. The van der Waals surface area contributed by atoms with Gasteiger partial charge >= 0.3 is 12.1 Å². The predicted octanol–water partition coefficient (Wildman–Crippen LogP) is 6.21. The van der Waals surface area contributed by atoms with E-state index in [1.165, 1.54) is 24.5 Å². The summed E-state index contributed by atoms with van der Waals surface area (Å²) in [5.74, 6) is -0.822. The van der Waals surface area contributed by atoms with E-state index >= 15 is 0 Å². The van der Waals surface area contributed by atoms with Crippen molar-refractivity contribution in [2.75, 3.05) is 11.9 Å². The highest BCUT2D eigenvalue weighted by Gasteiger charge is 2.23. The monoisotopic (exact) mass is 478 g/mol. The molecule has 2 heterocycles. The molecule has 0 atom stereocenters. The first-order valence-corrected chi connectivity index (χ1v) is 11.9. The molecule has 0 spiro atoms. The minimum atomic E-state index is -0.792. The molecular formula is C27H30N2O6. The fraction of sp³-hybridized carbons (Fsp3) is 0.407. The molecule has 4 rings (SSSR count). The van der Waals surface area contributed by atoms with Crippen LogP contribution in [0.4, 0.5) is 10.6 Å². The highest BCUT2D eigenvalue weighted by molar-refractivity contribution is 6.02. The fourth-order valence-electron chi connectivity index (χ4n) is 4.12. The third kappa shape index (κ3) is 5.53. The van der Waals surface area contributed by atoms with Crippen molar-refractivity contribution >= 4 is 45.5 Å². The number of carbonyl (C=O) groups is 2. The van der Waals surface area contributed by atoms with Crippen molar-refractivity contribution in [2.45, 2.75) is 65.4 Å². The topological polar surface area (TPSA) is 108 Å². The van der Waals surface area contributed by atoms with Crippen LogP contribution in [-0.4, -0.2) is 29.3 Å².